The lowest BCUT2D eigenvalue weighted by Gasteiger charge is -2.28. The first-order valence-corrected chi connectivity index (χ1v) is 11.0. The van der Waals surface area contributed by atoms with Crippen molar-refractivity contribution in [2.75, 3.05) is 0 Å². The fourth-order valence-electron chi connectivity index (χ4n) is 2.93. The summed E-state index contributed by atoms with van der Waals surface area (Å²) in [7, 11) is 0. The van der Waals surface area contributed by atoms with Gasteiger partial charge in [0.1, 0.15) is 24.2 Å². The zero-order valence-electron chi connectivity index (χ0n) is 19.8. The van der Waals surface area contributed by atoms with E-state index in [1.165, 1.54) is 6.92 Å². The summed E-state index contributed by atoms with van der Waals surface area (Å²) in [5.74, 6) is -5.15. The van der Waals surface area contributed by atoms with Crippen LogP contribution in [0.2, 0.25) is 0 Å². The van der Waals surface area contributed by atoms with E-state index in [2.05, 4.69) is 16.0 Å². The molecule has 0 radical (unpaired) electrons. The number of carboxylic acid groups (broad SMARTS) is 2. The number of carbonyl (C=O) groups is 5. The second-order valence-electron chi connectivity index (χ2n) is 8.66. The lowest BCUT2D eigenvalue weighted by atomic mass is 9.96. The Bertz CT molecular complexity index is 698. The Morgan fingerprint density at radius 1 is 0.848 bits per heavy atom. The highest BCUT2D eigenvalue weighted by molar-refractivity contribution is 5.94. The minimum Gasteiger partial charge on any atom is -0.481 e. The molecule has 8 N–H and O–H groups in total. The van der Waals surface area contributed by atoms with Crippen LogP contribution in [-0.2, 0) is 24.0 Å². The van der Waals surface area contributed by atoms with E-state index >= 15 is 0 Å². The highest BCUT2D eigenvalue weighted by atomic mass is 16.4. The molecule has 0 aliphatic rings. The van der Waals surface area contributed by atoms with E-state index in [0.717, 1.165) is 0 Å². The molecule has 0 bridgehead atoms. The number of carbonyl (C=O) groups excluding carboxylic acids is 3. The number of amides is 3. The highest BCUT2D eigenvalue weighted by Crippen LogP contribution is 2.12. The van der Waals surface area contributed by atoms with Gasteiger partial charge in [-0.3, -0.25) is 19.2 Å². The Hall–Kier alpha value is -2.73. The average Bonchev–Trinajstić information content (AvgIpc) is 2.71. The van der Waals surface area contributed by atoms with E-state index in [-0.39, 0.29) is 18.8 Å². The van der Waals surface area contributed by atoms with Crippen LogP contribution < -0.4 is 21.7 Å². The molecular weight excluding hydrogens is 436 g/mol. The molecule has 12 heteroatoms. The molecule has 12 nitrogen and oxygen atoms in total. The summed E-state index contributed by atoms with van der Waals surface area (Å²) < 4.78 is 0. The molecule has 0 aromatic heterocycles. The van der Waals surface area contributed by atoms with E-state index < -0.39 is 72.3 Å². The van der Waals surface area contributed by atoms with Crippen molar-refractivity contribution >= 4 is 29.7 Å². The standard InChI is InChI=1S/C21H38N4O8/c1-6-11(4)17(20(31)23-13(21(32)33)7-8-15(27)28)25-18(29)14(9-10(2)3)24-19(30)16(22)12(5)26/h10-14,16-17,26H,6-9,22H2,1-5H3,(H,23,31)(H,24,30)(H,25,29)(H,27,28)(H,32,33). The molecule has 0 saturated heterocycles. The van der Waals surface area contributed by atoms with Crippen LogP contribution in [-0.4, -0.2) is 75.3 Å². The topological polar surface area (TPSA) is 208 Å². The van der Waals surface area contributed by atoms with Crippen LogP contribution in [0.4, 0.5) is 0 Å². The van der Waals surface area contributed by atoms with Crippen molar-refractivity contribution in [2.24, 2.45) is 17.6 Å². The van der Waals surface area contributed by atoms with E-state index in [1.54, 1.807) is 13.8 Å². The predicted molar refractivity (Wildman–Crippen MR) is 119 cm³/mol. The molecule has 0 heterocycles. The fraction of sp³-hybridized carbons (Fsp3) is 0.762. The summed E-state index contributed by atoms with van der Waals surface area (Å²) in [6.07, 6.45) is -1.20. The van der Waals surface area contributed by atoms with Crippen molar-refractivity contribution in [1.82, 2.24) is 16.0 Å². The smallest absolute Gasteiger partial charge is 0.326 e. The van der Waals surface area contributed by atoms with Gasteiger partial charge in [0.05, 0.1) is 6.10 Å². The lowest BCUT2D eigenvalue weighted by Crippen LogP contribution is -2.59. The molecule has 0 aliphatic carbocycles. The maximum atomic E-state index is 13.0. The molecule has 0 rings (SSSR count). The van der Waals surface area contributed by atoms with Gasteiger partial charge in [0.15, 0.2) is 0 Å². The summed E-state index contributed by atoms with van der Waals surface area (Å²) in [4.78, 5) is 60.3. The summed E-state index contributed by atoms with van der Waals surface area (Å²) >= 11 is 0. The van der Waals surface area contributed by atoms with Crippen molar-refractivity contribution < 1.29 is 39.3 Å². The summed E-state index contributed by atoms with van der Waals surface area (Å²) in [6, 6.07) is -4.84. The minimum absolute atomic E-state index is 0.00731. The van der Waals surface area contributed by atoms with E-state index in [1.807, 2.05) is 13.8 Å². The van der Waals surface area contributed by atoms with Crippen LogP contribution in [0.5, 0.6) is 0 Å². The summed E-state index contributed by atoms with van der Waals surface area (Å²) in [6.45, 7) is 8.48. The first-order valence-electron chi connectivity index (χ1n) is 11.0. The Balaban J connectivity index is 5.57. The molecule has 190 valence electrons. The monoisotopic (exact) mass is 474 g/mol. The molecule has 0 aromatic rings. The first kappa shape index (κ1) is 30.3. The number of aliphatic hydroxyl groups is 1. The highest BCUT2D eigenvalue weighted by Gasteiger charge is 2.33. The number of aliphatic hydroxyl groups excluding tert-OH is 1. The number of nitrogens with two attached hydrogens (primary N) is 1. The van der Waals surface area contributed by atoms with Gasteiger partial charge in [-0.25, -0.2) is 4.79 Å². The lowest BCUT2D eigenvalue weighted by molar-refractivity contribution is -0.143. The van der Waals surface area contributed by atoms with Gasteiger partial charge in [-0.05, 0) is 31.6 Å². The molecule has 6 unspecified atom stereocenters. The normalized spacial score (nSPS) is 16.6. The number of hydrogen-bond acceptors (Lipinski definition) is 7. The molecule has 6 atom stereocenters. The Kier molecular flexibility index (Phi) is 13.2. The zero-order chi connectivity index (χ0) is 25.9. The van der Waals surface area contributed by atoms with Crippen LogP contribution in [0, 0.1) is 11.8 Å². The second-order valence-corrected chi connectivity index (χ2v) is 8.66. The van der Waals surface area contributed by atoms with Gasteiger partial charge in [0, 0.05) is 6.42 Å². The zero-order valence-corrected chi connectivity index (χ0v) is 19.8. The molecular formula is C21H38N4O8. The number of nitrogens with one attached hydrogen (secondary N) is 3. The van der Waals surface area contributed by atoms with Crippen molar-refractivity contribution in [3.63, 3.8) is 0 Å². The number of rotatable bonds is 15. The van der Waals surface area contributed by atoms with Crippen molar-refractivity contribution in [2.45, 2.75) is 90.6 Å². The SMILES string of the molecule is CCC(C)C(NC(=O)C(CC(C)C)NC(=O)C(N)C(C)O)C(=O)NC(CCC(=O)O)C(=O)O. The van der Waals surface area contributed by atoms with Gasteiger partial charge in [0.2, 0.25) is 17.7 Å². The van der Waals surface area contributed by atoms with Crippen LogP contribution in [0.1, 0.15) is 60.3 Å². The third-order valence-electron chi connectivity index (χ3n) is 5.22. The molecule has 3 amide bonds. The molecule has 33 heavy (non-hydrogen) atoms. The Labute approximate surface area is 193 Å². The van der Waals surface area contributed by atoms with E-state index in [4.69, 9.17) is 10.8 Å². The van der Waals surface area contributed by atoms with Gasteiger partial charge in [-0.15, -0.1) is 0 Å². The van der Waals surface area contributed by atoms with Crippen molar-refractivity contribution in [3.8, 4) is 0 Å². The van der Waals surface area contributed by atoms with Crippen LogP contribution >= 0.6 is 0 Å². The third-order valence-corrected chi connectivity index (χ3v) is 5.22. The quantitative estimate of drug-likeness (QED) is 0.158. The molecule has 0 aromatic carbocycles. The number of hydrogen-bond donors (Lipinski definition) is 7. The number of carboxylic acids is 2. The average molecular weight is 475 g/mol. The van der Waals surface area contributed by atoms with Gasteiger partial charge in [-0.1, -0.05) is 34.1 Å². The van der Waals surface area contributed by atoms with Crippen LogP contribution in [0.3, 0.4) is 0 Å². The summed E-state index contributed by atoms with van der Waals surface area (Å²) in [5.41, 5.74) is 5.64. The Morgan fingerprint density at radius 3 is 1.82 bits per heavy atom. The van der Waals surface area contributed by atoms with E-state index in [9.17, 15) is 34.2 Å². The van der Waals surface area contributed by atoms with Gasteiger partial charge < -0.3 is 37.0 Å². The van der Waals surface area contributed by atoms with Gasteiger partial charge >= 0.3 is 11.9 Å². The molecule has 0 spiro atoms. The van der Waals surface area contributed by atoms with Crippen molar-refractivity contribution in [3.05, 3.63) is 0 Å². The number of aliphatic carboxylic acids is 2. The van der Waals surface area contributed by atoms with Crippen LogP contribution in [0.25, 0.3) is 0 Å². The molecule has 0 saturated carbocycles. The Morgan fingerprint density at radius 2 is 1.39 bits per heavy atom. The minimum atomic E-state index is -1.44. The molecule has 0 fully saturated rings. The maximum absolute atomic E-state index is 13.0. The van der Waals surface area contributed by atoms with Gasteiger partial charge in [0.25, 0.3) is 0 Å². The maximum Gasteiger partial charge on any atom is 0.326 e. The van der Waals surface area contributed by atoms with E-state index in [0.29, 0.717) is 6.42 Å². The molecule has 0 aliphatic heterocycles. The third kappa shape index (κ3) is 11.1. The van der Waals surface area contributed by atoms with Crippen LogP contribution in [0.15, 0.2) is 0 Å². The largest absolute Gasteiger partial charge is 0.481 e. The predicted octanol–water partition coefficient (Wildman–Crippen LogP) is -0.809. The van der Waals surface area contributed by atoms with Crippen molar-refractivity contribution in [1.29, 1.82) is 0 Å². The fourth-order valence-corrected chi connectivity index (χ4v) is 2.93. The second kappa shape index (κ2) is 14.4. The van der Waals surface area contributed by atoms with Gasteiger partial charge in [-0.2, -0.15) is 0 Å². The first-order chi connectivity index (χ1) is 15.2. The summed E-state index contributed by atoms with van der Waals surface area (Å²) in [5, 5.41) is 35.0.